The second kappa shape index (κ2) is 17.0. The number of unbranched alkanes of at least 4 members (excludes halogenated alkanes) is 1. The van der Waals surface area contributed by atoms with E-state index in [1.54, 1.807) is 0 Å². The SMILES string of the molecule is CC(C)CCCCc1ccc(-c2cccc(-c3nc(-c4cccc(-c5ccccc5)c4)nc(-c4ccc5c(c4)C(c4ccccc4)(c4ccccc4)c4ccccc4-5)n3)c2)cc1. The summed E-state index contributed by atoms with van der Waals surface area (Å²) < 4.78 is 0. The van der Waals surface area contributed by atoms with Gasteiger partial charge in [-0.1, -0.05) is 215 Å². The molecule has 0 aliphatic heterocycles. The molecule has 0 unspecified atom stereocenters. The number of hydrogen-bond acceptors (Lipinski definition) is 3. The van der Waals surface area contributed by atoms with Gasteiger partial charge in [0.2, 0.25) is 0 Å². The molecule has 1 aliphatic rings. The van der Waals surface area contributed by atoms with Crippen molar-refractivity contribution in [3.8, 4) is 67.5 Å². The van der Waals surface area contributed by atoms with E-state index < -0.39 is 5.41 Å². The normalized spacial score (nSPS) is 12.6. The summed E-state index contributed by atoms with van der Waals surface area (Å²) >= 11 is 0. The second-order valence-corrected chi connectivity index (χ2v) is 17.0. The van der Waals surface area contributed by atoms with Crippen LogP contribution in [0.15, 0.2) is 206 Å². The number of fused-ring (bicyclic) bond motifs is 3. The van der Waals surface area contributed by atoms with E-state index in [0.29, 0.717) is 17.5 Å². The summed E-state index contributed by atoms with van der Waals surface area (Å²) in [6, 6.07) is 74.2. The van der Waals surface area contributed by atoms with Crippen molar-refractivity contribution in [2.75, 3.05) is 0 Å². The van der Waals surface area contributed by atoms with Gasteiger partial charge in [-0.25, -0.2) is 15.0 Å². The summed E-state index contributed by atoms with van der Waals surface area (Å²) in [5.74, 6) is 2.66. The van der Waals surface area contributed by atoms with Gasteiger partial charge in [0.25, 0.3) is 0 Å². The highest BCUT2D eigenvalue weighted by Crippen LogP contribution is 2.56. The van der Waals surface area contributed by atoms with Crippen molar-refractivity contribution in [3.63, 3.8) is 0 Å². The smallest absolute Gasteiger partial charge is 0.164 e. The monoisotopic (exact) mass is 799 g/mol. The lowest BCUT2D eigenvalue weighted by atomic mass is 9.67. The van der Waals surface area contributed by atoms with Gasteiger partial charge in [0, 0.05) is 16.7 Å². The van der Waals surface area contributed by atoms with Crippen LogP contribution in [-0.4, -0.2) is 15.0 Å². The zero-order valence-corrected chi connectivity index (χ0v) is 35.4. The van der Waals surface area contributed by atoms with Crippen molar-refractivity contribution in [3.05, 3.63) is 234 Å². The summed E-state index contributed by atoms with van der Waals surface area (Å²) in [5.41, 5.74) is 15.6. The Morgan fingerprint density at radius 2 is 0.823 bits per heavy atom. The van der Waals surface area contributed by atoms with E-state index in [4.69, 9.17) is 15.0 Å². The Balaban J connectivity index is 1.11. The summed E-state index contributed by atoms with van der Waals surface area (Å²) in [5, 5.41) is 0. The fourth-order valence-electron chi connectivity index (χ4n) is 9.40. The van der Waals surface area contributed by atoms with E-state index in [1.165, 1.54) is 63.8 Å². The molecule has 0 bridgehead atoms. The molecule has 9 aromatic rings. The summed E-state index contributed by atoms with van der Waals surface area (Å²) in [6.07, 6.45) is 4.89. The van der Waals surface area contributed by atoms with Gasteiger partial charge in [0.1, 0.15) is 0 Å². The predicted octanol–water partition coefficient (Wildman–Crippen LogP) is 14.9. The molecule has 1 heterocycles. The highest BCUT2D eigenvalue weighted by molar-refractivity contribution is 5.88. The van der Waals surface area contributed by atoms with Gasteiger partial charge >= 0.3 is 0 Å². The molecule has 0 amide bonds. The maximum Gasteiger partial charge on any atom is 0.164 e. The van der Waals surface area contributed by atoms with Crippen LogP contribution in [0.4, 0.5) is 0 Å². The zero-order chi connectivity index (χ0) is 41.9. The van der Waals surface area contributed by atoms with Crippen LogP contribution in [0.25, 0.3) is 67.5 Å². The molecule has 1 aliphatic carbocycles. The lowest BCUT2D eigenvalue weighted by Gasteiger charge is -2.34. The maximum atomic E-state index is 5.33. The van der Waals surface area contributed by atoms with Crippen LogP contribution >= 0.6 is 0 Å². The summed E-state index contributed by atoms with van der Waals surface area (Å²) in [4.78, 5) is 15.9. The first-order chi connectivity index (χ1) is 30.5. The average molecular weight is 800 g/mol. The van der Waals surface area contributed by atoms with Crippen molar-refractivity contribution in [1.29, 1.82) is 0 Å². The topological polar surface area (TPSA) is 38.7 Å². The molecular formula is C59H49N3. The third-order valence-electron chi connectivity index (χ3n) is 12.5. The van der Waals surface area contributed by atoms with Gasteiger partial charge in [0.05, 0.1) is 5.41 Å². The number of nitrogens with zero attached hydrogens (tertiary/aromatic N) is 3. The molecule has 0 N–H and O–H groups in total. The van der Waals surface area contributed by atoms with Crippen LogP contribution in [0.3, 0.4) is 0 Å². The van der Waals surface area contributed by atoms with E-state index in [9.17, 15) is 0 Å². The van der Waals surface area contributed by atoms with Gasteiger partial charge in [-0.05, 0) is 98.2 Å². The van der Waals surface area contributed by atoms with E-state index in [0.717, 1.165) is 45.7 Å². The largest absolute Gasteiger partial charge is 0.208 e. The Labute approximate surface area is 365 Å². The molecule has 0 fully saturated rings. The van der Waals surface area contributed by atoms with Gasteiger partial charge < -0.3 is 0 Å². The van der Waals surface area contributed by atoms with Crippen molar-refractivity contribution in [1.82, 2.24) is 15.0 Å². The Morgan fingerprint density at radius 3 is 1.40 bits per heavy atom. The van der Waals surface area contributed by atoms with E-state index in [1.807, 2.05) is 0 Å². The lowest BCUT2D eigenvalue weighted by molar-refractivity contribution is 0.538. The number of aryl methyl sites for hydroxylation is 1. The fraction of sp³-hybridized carbons (Fsp3) is 0.136. The molecular weight excluding hydrogens is 751 g/mol. The summed E-state index contributed by atoms with van der Waals surface area (Å²) in [7, 11) is 0. The first kappa shape index (κ1) is 38.9. The van der Waals surface area contributed by atoms with Gasteiger partial charge in [-0.2, -0.15) is 0 Å². The van der Waals surface area contributed by atoms with Crippen molar-refractivity contribution in [2.24, 2.45) is 5.92 Å². The number of aromatic nitrogens is 3. The molecule has 62 heavy (non-hydrogen) atoms. The zero-order valence-electron chi connectivity index (χ0n) is 35.4. The number of benzene rings is 8. The summed E-state index contributed by atoms with van der Waals surface area (Å²) in [6.45, 7) is 4.61. The molecule has 0 saturated carbocycles. The molecule has 0 saturated heterocycles. The van der Waals surface area contributed by atoms with Gasteiger partial charge in [0.15, 0.2) is 17.5 Å². The first-order valence-electron chi connectivity index (χ1n) is 22.0. The molecule has 3 heteroatoms. The number of hydrogen-bond donors (Lipinski definition) is 0. The Morgan fingerprint density at radius 1 is 0.371 bits per heavy atom. The average Bonchev–Trinajstić information content (AvgIpc) is 3.64. The minimum Gasteiger partial charge on any atom is -0.208 e. The van der Waals surface area contributed by atoms with E-state index in [-0.39, 0.29) is 0 Å². The van der Waals surface area contributed by atoms with Crippen LogP contribution < -0.4 is 0 Å². The molecule has 0 radical (unpaired) electrons. The van der Waals surface area contributed by atoms with Crippen LogP contribution in [0, 0.1) is 5.92 Å². The standard InChI is InChI=1S/C59H49N3/c1-41(2)18-12-13-19-42-32-34-44(35-33-42)46-23-17-25-48(39-46)57-60-56(47-24-16-22-45(38-47)43-20-6-3-7-21-43)61-58(62-57)49-36-37-53-52-30-14-15-31-54(52)59(55(53)40-49,50-26-8-4-9-27-50)51-28-10-5-11-29-51/h3-11,14-17,20-41H,12-13,18-19H2,1-2H3. The maximum absolute atomic E-state index is 5.33. The van der Waals surface area contributed by atoms with Crippen LogP contribution in [-0.2, 0) is 11.8 Å². The molecule has 0 spiro atoms. The van der Waals surface area contributed by atoms with Crippen molar-refractivity contribution in [2.45, 2.75) is 44.9 Å². The predicted molar refractivity (Wildman–Crippen MR) is 257 cm³/mol. The lowest BCUT2D eigenvalue weighted by Crippen LogP contribution is -2.28. The third kappa shape index (κ3) is 7.45. The second-order valence-electron chi connectivity index (χ2n) is 17.0. The fourth-order valence-corrected chi connectivity index (χ4v) is 9.40. The molecule has 1 aromatic heterocycles. The Kier molecular flexibility index (Phi) is 10.7. The third-order valence-corrected chi connectivity index (χ3v) is 12.5. The number of rotatable bonds is 12. The van der Waals surface area contributed by atoms with Crippen molar-refractivity contribution >= 4 is 0 Å². The Bertz CT molecular complexity index is 2930. The van der Waals surface area contributed by atoms with E-state index in [2.05, 4.69) is 220 Å². The molecule has 0 atom stereocenters. The first-order valence-corrected chi connectivity index (χ1v) is 22.0. The van der Waals surface area contributed by atoms with Gasteiger partial charge in [-0.3, -0.25) is 0 Å². The minimum absolute atomic E-state index is 0.537. The highest BCUT2D eigenvalue weighted by Gasteiger charge is 2.46. The van der Waals surface area contributed by atoms with E-state index >= 15 is 0 Å². The van der Waals surface area contributed by atoms with Crippen LogP contribution in [0.2, 0.25) is 0 Å². The van der Waals surface area contributed by atoms with Crippen LogP contribution in [0.5, 0.6) is 0 Å². The Hall–Kier alpha value is -7.23. The minimum atomic E-state index is -0.537. The molecule has 3 nitrogen and oxygen atoms in total. The highest BCUT2D eigenvalue weighted by atomic mass is 15.0. The van der Waals surface area contributed by atoms with Gasteiger partial charge in [-0.15, -0.1) is 0 Å². The molecule has 8 aromatic carbocycles. The van der Waals surface area contributed by atoms with Crippen molar-refractivity contribution < 1.29 is 0 Å². The molecule has 10 rings (SSSR count). The quantitative estimate of drug-likeness (QED) is 0.116. The molecule has 300 valence electrons. The van der Waals surface area contributed by atoms with Crippen LogP contribution in [0.1, 0.15) is 60.9 Å².